The van der Waals surface area contributed by atoms with E-state index in [1.807, 2.05) is 57.2 Å². The molecule has 0 bridgehead atoms. The molecule has 3 rings (SSSR count). The van der Waals surface area contributed by atoms with E-state index in [1.165, 1.54) is 5.56 Å². The molecule has 116 valence electrons. The van der Waals surface area contributed by atoms with E-state index in [0.717, 1.165) is 21.4 Å². The molecular formula is C18H18N4O. The van der Waals surface area contributed by atoms with Crippen molar-refractivity contribution in [2.75, 3.05) is 5.73 Å². The van der Waals surface area contributed by atoms with Crippen molar-refractivity contribution in [3.63, 3.8) is 0 Å². The van der Waals surface area contributed by atoms with Crippen molar-refractivity contribution < 1.29 is 4.79 Å². The number of carbonyl (C=O) groups is 1. The Morgan fingerprint density at radius 3 is 2.43 bits per heavy atom. The van der Waals surface area contributed by atoms with Gasteiger partial charge < -0.3 is 5.73 Å². The first kappa shape index (κ1) is 15.0. The number of aromatic nitrogens is 3. The molecule has 1 heterocycles. The highest BCUT2D eigenvalue weighted by Gasteiger charge is 2.18. The van der Waals surface area contributed by atoms with E-state index in [1.54, 1.807) is 6.07 Å². The fourth-order valence-electron chi connectivity index (χ4n) is 2.40. The van der Waals surface area contributed by atoms with Crippen LogP contribution in [0.5, 0.6) is 0 Å². The quantitative estimate of drug-likeness (QED) is 0.789. The van der Waals surface area contributed by atoms with Gasteiger partial charge in [0.1, 0.15) is 0 Å². The van der Waals surface area contributed by atoms with Crippen molar-refractivity contribution in [1.29, 1.82) is 0 Å². The lowest BCUT2D eigenvalue weighted by atomic mass is 10.1. The zero-order valence-corrected chi connectivity index (χ0v) is 13.4. The van der Waals surface area contributed by atoms with E-state index in [-0.39, 0.29) is 11.9 Å². The molecule has 0 aliphatic rings. The van der Waals surface area contributed by atoms with Gasteiger partial charge in [-0.3, -0.25) is 4.79 Å². The highest BCUT2D eigenvalue weighted by Crippen LogP contribution is 2.21. The van der Waals surface area contributed by atoms with Crippen LogP contribution >= 0.6 is 0 Å². The Morgan fingerprint density at radius 2 is 1.74 bits per heavy atom. The van der Waals surface area contributed by atoms with Gasteiger partial charge in [-0.05, 0) is 49.6 Å². The summed E-state index contributed by atoms with van der Waals surface area (Å²) in [6.45, 7) is 5.95. The molecule has 5 nitrogen and oxygen atoms in total. The maximum absolute atomic E-state index is 12.6. The number of nitrogens with two attached hydrogens (primary N) is 1. The minimum absolute atomic E-state index is 0.0893. The molecule has 1 aromatic heterocycles. The molecule has 0 aliphatic heterocycles. The van der Waals surface area contributed by atoms with Gasteiger partial charge in [-0.2, -0.15) is 9.67 Å². The monoisotopic (exact) mass is 306 g/mol. The number of aryl methyl sites for hydroxylation is 3. The van der Waals surface area contributed by atoms with E-state index >= 15 is 0 Å². The van der Waals surface area contributed by atoms with Crippen LogP contribution in [0.3, 0.4) is 0 Å². The van der Waals surface area contributed by atoms with Gasteiger partial charge in [0.15, 0.2) is 5.82 Å². The number of nitrogens with zero attached hydrogens (tertiary/aromatic N) is 3. The summed E-state index contributed by atoms with van der Waals surface area (Å²) in [5.41, 5.74) is 10.5. The van der Waals surface area contributed by atoms with Crippen LogP contribution in [0, 0.1) is 20.8 Å². The van der Waals surface area contributed by atoms with Gasteiger partial charge in [-0.1, -0.05) is 30.3 Å². The average Bonchev–Trinajstić information content (AvgIpc) is 2.92. The molecule has 23 heavy (non-hydrogen) atoms. The highest BCUT2D eigenvalue weighted by molar-refractivity contribution is 5.98. The molecule has 0 spiro atoms. The van der Waals surface area contributed by atoms with Crippen LogP contribution in [0.1, 0.15) is 27.0 Å². The Balaban J connectivity index is 2.03. The molecule has 0 fully saturated rings. The second-order valence-electron chi connectivity index (χ2n) is 5.62. The average molecular weight is 306 g/mol. The predicted octanol–water partition coefficient (Wildman–Crippen LogP) is 3.14. The summed E-state index contributed by atoms with van der Waals surface area (Å²) in [5, 5.41) is 4.30. The fourth-order valence-corrected chi connectivity index (χ4v) is 2.40. The maximum Gasteiger partial charge on any atom is 0.281 e. The number of anilines is 1. The lowest BCUT2D eigenvalue weighted by Crippen LogP contribution is -2.17. The Morgan fingerprint density at radius 1 is 1.00 bits per heavy atom. The Bertz CT molecular complexity index is 896. The smallest absolute Gasteiger partial charge is 0.281 e. The molecule has 5 heteroatoms. The van der Waals surface area contributed by atoms with Crippen LogP contribution in [0.2, 0.25) is 0 Å². The first-order valence-electron chi connectivity index (χ1n) is 7.38. The van der Waals surface area contributed by atoms with Crippen LogP contribution in [0.4, 0.5) is 5.95 Å². The molecular weight excluding hydrogens is 288 g/mol. The van der Waals surface area contributed by atoms with Crippen molar-refractivity contribution >= 4 is 11.9 Å². The molecule has 3 aromatic rings. The van der Waals surface area contributed by atoms with Crippen molar-refractivity contribution in [3.8, 4) is 11.4 Å². The Hall–Kier alpha value is -2.95. The van der Waals surface area contributed by atoms with E-state index in [9.17, 15) is 4.79 Å². The molecule has 2 aromatic carbocycles. The number of hydrogen-bond donors (Lipinski definition) is 1. The molecule has 0 saturated heterocycles. The van der Waals surface area contributed by atoms with Gasteiger partial charge in [-0.15, -0.1) is 5.10 Å². The topological polar surface area (TPSA) is 73.8 Å². The molecule has 0 radical (unpaired) electrons. The standard InChI is InChI=1S/C18H18N4O/c1-11-8-9-14(10-13(11)3)16-20-18(19)22(21-16)17(23)15-7-5-4-6-12(15)2/h4-10H,1-3H3,(H2,19,20,21). The number of nitrogen functional groups attached to an aromatic ring is 1. The second-order valence-corrected chi connectivity index (χ2v) is 5.62. The largest absolute Gasteiger partial charge is 0.368 e. The van der Waals surface area contributed by atoms with Crippen LogP contribution in [-0.4, -0.2) is 20.7 Å². The van der Waals surface area contributed by atoms with Crippen LogP contribution in [0.15, 0.2) is 42.5 Å². The summed E-state index contributed by atoms with van der Waals surface area (Å²) >= 11 is 0. The third-order valence-electron chi connectivity index (χ3n) is 3.97. The van der Waals surface area contributed by atoms with E-state index in [4.69, 9.17) is 5.73 Å². The number of carbonyl (C=O) groups excluding carboxylic acids is 1. The van der Waals surface area contributed by atoms with E-state index in [2.05, 4.69) is 10.1 Å². The Labute approximate surface area is 134 Å². The van der Waals surface area contributed by atoms with Crippen LogP contribution < -0.4 is 5.73 Å². The van der Waals surface area contributed by atoms with E-state index < -0.39 is 0 Å². The molecule has 0 saturated carbocycles. The summed E-state index contributed by atoms with van der Waals surface area (Å²) < 4.78 is 1.16. The number of benzene rings is 2. The lowest BCUT2D eigenvalue weighted by Gasteiger charge is -2.04. The van der Waals surface area contributed by atoms with Crippen LogP contribution in [-0.2, 0) is 0 Å². The molecule has 0 unspecified atom stereocenters. The number of rotatable bonds is 2. The Kier molecular flexibility index (Phi) is 3.70. The van der Waals surface area contributed by atoms with E-state index in [0.29, 0.717) is 11.4 Å². The normalized spacial score (nSPS) is 10.7. The zero-order chi connectivity index (χ0) is 16.6. The zero-order valence-electron chi connectivity index (χ0n) is 13.4. The third-order valence-corrected chi connectivity index (χ3v) is 3.97. The summed E-state index contributed by atoms with van der Waals surface area (Å²) in [6.07, 6.45) is 0. The maximum atomic E-state index is 12.6. The molecule has 0 aliphatic carbocycles. The van der Waals surface area contributed by atoms with Crippen molar-refractivity contribution in [2.45, 2.75) is 20.8 Å². The highest BCUT2D eigenvalue weighted by atomic mass is 16.2. The summed E-state index contributed by atoms with van der Waals surface area (Å²) in [6, 6.07) is 13.3. The van der Waals surface area contributed by atoms with Crippen molar-refractivity contribution in [1.82, 2.24) is 14.8 Å². The molecule has 2 N–H and O–H groups in total. The molecule has 0 amide bonds. The van der Waals surface area contributed by atoms with Crippen LogP contribution in [0.25, 0.3) is 11.4 Å². The predicted molar refractivity (Wildman–Crippen MR) is 90.3 cm³/mol. The summed E-state index contributed by atoms with van der Waals surface area (Å²) in [4.78, 5) is 16.9. The SMILES string of the molecule is Cc1ccc(-c2nc(N)n(C(=O)c3ccccc3C)n2)cc1C. The first-order chi connectivity index (χ1) is 11.0. The van der Waals surface area contributed by atoms with Gasteiger partial charge in [0.25, 0.3) is 5.91 Å². The summed E-state index contributed by atoms with van der Waals surface area (Å²) in [5.74, 6) is 0.266. The summed E-state index contributed by atoms with van der Waals surface area (Å²) in [7, 11) is 0. The van der Waals surface area contributed by atoms with Gasteiger partial charge in [0, 0.05) is 11.1 Å². The first-order valence-corrected chi connectivity index (χ1v) is 7.38. The molecule has 0 atom stereocenters. The lowest BCUT2D eigenvalue weighted by molar-refractivity contribution is 0.0947. The number of hydrogen-bond acceptors (Lipinski definition) is 4. The minimum Gasteiger partial charge on any atom is -0.368 e. The fraction of sp³-hybridized carbons (Fsp3) is 0.167. The van der Waals surface area contributed by atoms with Gasteiger partial charge in [0.2, 0.25) is 5.95 Å². The minimum atomic E-state index is -0.275. The van der Waals surface area contributed by atoms with Crippen molar-refractivity contribution in [2.24, 2.45) is 0 Å². The van der Waals surface area contributed by atoms with Crippen molar-refractivity contribution in [3.05, 3.63) is 64.7 Å². The third kappa shape index (κ3) is 2.73. The van der Waals surface area contributed by atoms with Gasteiger partial charge in [0.05, 0.1) is 0 Å². The van der Waals surface area contributed by atoms with Gasteiger partial charge in [-0.25, -0.2) is 0 Å². The second kappa shape index (κ2) is 5.68. The van der Waals surface area contributed by atoms with Gasteiger partial charge >= 0.3 is 0 Å².